The lowest BCUT2D eigenvalue weighted by molar-refractivity contribution is 0.621. The molecule has 0 aliphatic carbocycles. The predicted octanol–water partition coefficient (Wildman–Crippen LogP) is 2.75. The number of hydrogen-bond acceptors (Lipinski definition) is 4. The molecule has 114 valence electrons. The highest BCUT2D eigenvalue weighted by Gasteiger charge is 2.17. The Bertz CT molecular complexity index is 999. The van der Waals surface area contributed by atoms with Crippen molar-refractivity contribution in [2.24, 2.45) is 7.05 Å². The number of halogens is 1. The van der Waals surface area contributed by atoms with Gasteiger partial charge in [0.25, 0.3) is 0 Å². The molecular weight excluding hydrogens is 295 g/mol. The Morgan fingerprint density at radius 2 is 2.09 bits per heavy atom. The van der Waals surface area contributed by atoms with Crippen molar-refractivity contribution >= 4 is 16.9 Å². The van der Waals surface area contributed by atoms with Crippen molar-refractivity contribution in [3.8, 4) is 22.5 Å². The molecule has 7 heteroatoms. The quantitative estimate of drug-likeness (QED) is 0.596. The van der Waals surface area contributed by atoms with Gasteiger partial charge in [-0.05, 0) is 24.3 Å². The van der Waals surface area contributed by atoms with Gasteiger partial charge in [-0.25, -0.2) is 9.37 Å². The second-order valence-electron chi connectivity index (χ2n) is 5.26. The van der Waals surface area contributed by atoms with E-state index in [1.54, 1.807) is 16.8 Å². The fourth-order valence-electron chi connectivity index (χ4n) is 2.67. The van der Waals surface area contributed by atoms with E-state index in [-0.39, 0.29) is 5.82 Å². The topological polar surface area (TPSA) is 85.4 Å². The number of nitrogens with zero attached hydrogens (tertiary/aromatic N) is 4. The van der Waals surface area contributed by atoms with Crippen LogP contribution in [0.15, 0.2) is 42.9 Å². The van der Waals surface area contributed by atoms with E-state index in [9.17, 15) is 4.39 Å². The van der Waals surface area contributed by atoms with Gasteiger partial charge in [0, 0.05) is 36.0 Å². The number of nitrogens with two attached hydrogens (primary N) is 1. The summed E-state index contributed by atoms with van der Waals surface area (Å²) in [6.07, 6.45) is 4.88. The summed E-state index contributed by atoms with van der Waals surface area (Å²) in [6, 6.07) is 6.72. The van der Waals surface area contributed by atoms with E-state index in [1.807, 2.05) is 25.5 Å². The molecule has 0 bridgehead atoms. The fraction of sp³-hybridized carbons (Fsp3) is 0.0625. The van der Waals surface area contributed by atoms with Crippen LogP contribution in [0.4, 0.5) is 10.2 Å². The second-order valence-corrected chi connectivity index (χ2v) is 5.26. The summed E-state index contributed by atoms with van der Waals surface area (Å²) in [5.74, 6) is 0.0317. The molecule has 0 atom stereocenters. The first-order valence-electron chi connectivity index (χ1n) is 7.01. The largest absolute Gasteiger partial charge is 0.384 e. The molecule has 0 amide bonds. The van der Waals surface area contributed by atoms with Gasteiger partial charge in [0.1, 0.15) is 23.0 Å². The number of anilines is 1. The van der Waals surface area contributed by atoms with E-state index < -0.39 is 0 Å². The monoisotopic (exact) mass is 308 g/mol. The third-order valence-electron chi connectivity index (χ3n) is 3.64. The highest BCUT2D eigenvalue weighted by Crippen LogP contribution is 2.35. The molecule has 4 rings (SSSR count). The van der Waals surface area contributed by atoms with Crippen molar-refractivity contribution in [2.75, 3.05) is 5.73 Å². The lowest BCUT2D eigenvalue weighted by atomic mass is 10.0. The van der Waals surface area contributed by atoms with Crippen LogP contribution in [0.1, 0.15) is 0 Å². The van der Waals surface area contributed by atoms with E-state index in [0.29, 0.717) is 22.9 Å². The molecule has 6 nitrogen and oxygen atoms in total. The van der Waals surface area contributed by atoms with Crippen LogP contribution < -0.4 is 5.73 Å². The molecule has 0 unspecified atom stereocenters. The van der Waals surface area contributed by atoms with Crippen LogP contribution in [-0.4, -0.2) is 24.7 Å². The zero-order valence-corrected chi connectivity index (χ0v) is 12.3. The van der Waals surface area contributed by atoms with Gasteiger partial charge in [-0.1, -0.05) is 0 Å². The van der Waals surface area contributed by atoms with Crippen molar-refractivity contribution < 1.29 is 4.39 Å². The standard InChI is InChI=1S/C16H13FN6/c1-23-8-12(15(22-23)13-3-2-9(17)7-20-13)11-6-14(18)21-16-10(11)4-5-19-16/h2-8H,1H3,(H3,18,19,21). The molecule has 0 radical (unpaired) electrons. The first-order valence-corrected chi connectivity index (χ1v) is 7.01. The average Bonchev–Trinajstić information content (AvgIpc) is 3.13. The number of H-pyrrole nitrogens is 1. The summed E-state index contributed by atoms with van der Waals surface area (Å²) in [5.41, 5.74) is 9.66. The van der Waals surface area contributed by atoms with E-state index in [2.05, 4.69) is 20.1 Å². The van der Waals surface area contributed by atoms with Crippen molar-refractivity contribution in [1.29, 1.82) is 0 Å². The average molecular weight is 308 g/mol. The molecule has 4 aromatic rings. The van der Waals surface area contributed by atoms with Crippen LogP contribution in [0.25, 0.3) is 33.5 Å². The maximum atomic E-state index is 13.1. The molecule has 0 fully saturated rings. The van der Waals surface area contributed by atoms with Crippen molar-refractivity contribution in [3.63, 3.8) is 0 Å². The fourth-order valence-corrected chi connectivity index (χ4v) is 2.67. The molecule has 0 aromatic carbocycles. The molecule has 0 aliphatic rings. The number of fused-ring (bicyclic) bond motifs is 1. The van der Waals surface area contributed by atoms with Gasteiger partial charge < -0.3 is 10.7 Å². The maximum Gasteiger partial charge on any atom is 0.141 e. The lowest BCUT2D eigenvalue weighted by Crippen LogP contribution is -1.93. The summed E-state index contributed by atoms with van der Waals surface area (Å²) < 4.78 is 14.8. The third-order valence-corrected chi connectivity index (χ3v) is 3.64. The van der Waals surface area contributed by atoms with Crippen molar-refractivity contribution in [1.82, 2.24) is 24.7 Å². The number of rotatable bonds is 2. The summed E-state index contributed by atoms with van der Waals surface area (Å²) in [5, 5.41) is 5.41. The van der Waals surface area contributed by atoms with Crippen LogP contribution >= 0.6 is 0 Å². The zero-order valence-electron chi connectivity index (χ0n) is 12.3. The van der Waals surface area contributed by atoms with Gasteiger partial charge in [-0.3, -0.25) is 9.67 Å². The highest BCUT2D eigenvalue weighted by molar-refractivity contribution is 5.97. The Labute approximate surface area is 130 Å². The smallest absolute Gasteiger partial charge is 0.141 e. The van der Waals surface area contributed by atoms with Crippen molar-refractivity contribution in [3.05, 3.63) is 48.7 Å². The van der Waals surface area contributed by atoms with Gasteiger partial charge in [0.05, 0.1) is 11.9 Å². The minimum absolute atomic E-state index is 0.382. The predicted molar refractivity (Wildman–Crippen MR) is 85.9 cm³/mol. The first kappa shape index (κ1) is 13.4. The van der Waals surface area contributed by atoms with Gasteiger partial charge >= 0.3 is 0 Å². The Morgan fingerprint density at radius 1 is 1.22 bits per heavy atom. The summed E-state index contributed by atoms with van der Waals surface area (Å²) in [6.45, 7) is 0. The second kappa shape index (κ2) is 4.91. The van der Waals surface area contributed by atoms with Crippen LogP contribution in [0.2, 0.25) is 0 Å². The number of hydrogen-bond donors (Lipinski definition) is 2. The molecule has 3 N–H and O–H groups in total. The summed E-state index contributed by atoms with van der Waals surface area (Å²) >= 11 is 0. The number of nitrogen functional groups attached to an aromatic ring is 1. The van der Waals surface area contributed by atoms with Gasteiger partial charge in [-0.15, -0.1) is 0 Å². The molecule has 4 heterocycles. The van der Waals surface area contributed by atoms with Gasteiger partial charge in [0.2, 0.25) is 0 Å². The maximum absolute atomic E-state index is 13.1. The van der Waals surface area contributed by atoms with Crippen molar-refractivity contribution in [2.45, 2.75) is 0 Å². The lowest BCUT2D eigenvalue weighted by Gasteiger charge is -2.05. The molecule has 23 heavy (non-hydrogen) atoms. The van der Waals surface area contributed by atoms with E-state index in [0.717, 1.165) is 16.5 Å². The molecular formula is C16H13FN6. The van der Waals surface area contributed by atoms with Crippen LogP contribution in [0.5, 0.6) is 0 Å². The van der Waals surface area contributed by atoms with Crippen LogP contribution in [0.3, 0.4) is 0 Å². The Hall–Kier alpha value is -3.22. The van der Waals surface area contributed by atoms with Gasteiger partial charge in [0.15, 0.2) is 0 Å². The summed E-state index contributed by atoms with van der Waals surface area (Å²) in [4.78, 5) is 11.5. The van der Waals surface area contributed by atoms with E-state index >= 15 is 0 Å². The molecule has 0 spiro atoms. The van der Waals surface area contributed by atoms with Gasteiger partial charge in [-0.2, -0.15) is 5.10 Å². The minimum atomic E-state index is -0.382. The SMILES string of the molecule is Cn1cc(-c2cc(N)nc3[nH]ccc23)c(-c2ccc(F)cn2)n1. The Kier molecular flexibility index (Phi) is 2.87. The normalized spacial score (nSPS) is 11.2. The Morgan fingerprint density at radius 3 is 2.87 bits per heavy atom. The molecule has 0 saturated heterocycles. The Balaban J connectivity index is 1.98. The number of aromatic amines is 1. The number of pyridine rings is 2. The zero-order chi connectivity index (χ0) is 16.0. The number of aromatic nitrogens is 5. The third kappa shape index (κ3) is 2.22. The van der Waals surface area contributed by atoms with E-state index in [1.165, 1.54) is 12.3 Å². The van der Waals surface area contributed by atoms with E-state index in [4.69, 9.17) is 5.73 Å². The number of nitrogens with one attached hydrogen (secondary N) is 1. The minimum Gasteiger partial charge on any atom is -0.384 e. The van der Waals surface area contributed by atoms with Crippen LogP contribution in [-0.2, 0) is 7.05 Å². The molecule has 0 saturated carbocycles. The van der Waals surface area contributed by atoms with Crippen LogP contribution in [0, 0.1) is 5.82 Å². The molecule has 4 aromatic heterocycles. The number of aryl methyl sites for hydroxylation is 1. The first-order chi connectivity index (χ1) is 11.1. The molecule has 0 aliphatic heterocycles. The summed E-state index contributed by atoms with van der Waals surface area (Å²) in [7, 11) is 1.83. The highest BCUT2D eigenvalue weighted by atomic mass is 19.1.